The number of anilines is 3. The second-order valence-corrected chi connectivity index (χ2v) is 5.84. The molecule has 1 amide bonds. The Morgan fingerprint density at radius 3 is 2.33 bits per heavy atom. The van der Waals surface area contributed by atoms with Crippen LogP contribution in [0.5, 0.6) is 0 Å². The number of Topliss-reactive ketones (excluding diaryl/α,β-unsaturated/α-hetero) is 1. The van der Waals surface area contributed by atoms with Crippen LogP contribution in [-0.4, -0.2) is 16.7 Å². The van der Waals surface area contributed by atoms with Crippen LogP contribution in [0.3, 0.4) is 0 Å². The first kappa shape index (κ1) is 17.8. The summed E-state index contributed by atoms with van der Waals surface area (Å²) in [7, 11) is 0. The lowest BCUT2D eigenvalue weighted by Crippen LogP contribution is -2.13. The molecular formula is C21H16N4O2. The molecule has 1 aromatic heterocycles. The maximum atomic E-state index is 12.3. The predicted molar refractivity (Wildman–Crippen MR) is 103 cm³/mol. The summed E-state index contributed by atoms with van der Waals surface area (Å²) in [5.74, 6) is -0.374. The first-order valence-corrected chi connectivity index (χ1v) is 8.21. The number of nitrogens with zero attached hydrogens (tertiary/aromatic N) is 2. The molecule has 3 aromatic rings. The van der Waals surface area contributed by atoms with Gasteiger partial charge < -0.3 is 10.6 Å². The molecule has 27 heavy (non-hydrogen) atoms. The van der Waals surface area contributed by atoms with E-state index in [0.29, 0.717) is 22.5 Å². The topological polar surface area (TPSA) is 94.9 Å². The Labute approximate surface area is 156 Å². The van der Waals surface area contributed by atoms with Crippen LogP contribution in [0.4, 0.5) is 17.1 Å². The average molecular weight is 356 g/mol. The van der Waals surface area contributed by atoms with Crippen molar-refractivity contribution in [2.45, 2.75) is 6.92 Å². The van der Waals surface area contributed by atoms with Gasteiger partial charge >= 0.3 is 0 Å². The highest BCUT2D eigenvalue weighted by atomic mass is 16.2. The minimum atomic E-state index is -0.344. The number of amides is 1. The minimum Gasteiger partial charge on any atom is -0.354 e. The SMILES string of the molecule is CC(=O)c1ccc(NC(=O)c2ccc(Nc3cccc(C#N)c3)cn2)cc1. The van der Waals surface area contributed by atoms with E-state index >= 15 is 0 Å². The Balaban J connectivity index is 1.66. The molecule has 0 saturated carbocycles. The maximum absolute atomic E-state index is 12.3. The van der Waals surface area contributed by atoms with Gasteiger partial charge in [0, 0.05) is 16.9 Å². The molecule has 0 aliphatic heterocycles. The predicted octanol–water partition coefficient (Wildman–Crippen LogP) is 4.15. The number of benzene rings is 2. The van der Waals surface area contributed by atoms with E-state index in [9.17, 15) is 9.59 Å². The quantitative estimate of drug-likeness (QED) is 0.670. The van der Waals surface area contributed by atoms with Gasteiger partial charge in [0.15, 0.2) is 5.78 Å². The van der Waals surface area contributed by atoms with Crippen LogP contribution < -0.4 is 10.6 Å². The van der Waals surface area contributed by atoms with Crippen LogP contribution >= 0.6 is 0 Å². The molecule has 0 radical (unpaired) electrons. The van der Waals surface area contributed by atoms with Crippen molar-refractivity contribution >= 4 is 28.8 Å². The molecule has 0 aliphatic carbocycles. The summed E-state index contributed by atoms with van der Waals surface area (Å²) >= 11 is 0. The van der Waals surface area contributed by atoms with Crippen LogP contribution in [-0.2, 0) is 0 Å². The van der Waals surface area contributed by atoms with Gasteiger partial charge in [0.05, 0.1) is 23.5 Å². The van der Waals surface area contributed by atoms with E-state index in [1.807, 2.05) is 6.07 Å². The smallest absolute Gasteiger partial charge is 0.274 e. The van der Waals surface area contributed by atoms with Gasteiger partial charge in [0.25, 0.3) is 5.91 Å². The minimum absolute atomic E-state index is 0.0297. The highest BCUT2D eigenvalue weighted by Gasteiger charge is 2.08. The zero-order chi connectivity index (χ0) is 19.2. The second kappa shape index (κ2) is 7.93. The first-order chi connectivity index (χ1) is 13.0. The van der Waals surface area contributed by atoms with E-state index in [1.54, 1.807) is 60.8 Å². The summed E-state index contributed by atoms with van der Waals surface area (Å²) in [6, 6.07) is 19.2. The Morgan fingerprint density at radius 1 is 0.963 bits per heavy atom. The lowest BCUT2D eigenvalue weighted by atomic mass is 10.1. The number of carbonyl (C=O) groups excluding carboxylic acids is 2. The maximum Gasteiger partial charge on any atom is 0.274 e. The molecule has 0 aliphatic rings. The van der Waals surface area contributed by atoms with Gasteiger partial charge in [-0.15, -0.1) is 0 Å². The van der Waals surface area contributed by atoms with Gasteiger partial charge in [-0.05, 0) is 61.5 Å². The largest absolute Gasteiger partial charge is 0.354 e. The van der Waals surface area contributed by atoms with Crippen LogP contribution in [0.25, 0.3) is 0 Å². The first-order valence-electron chi connectivity index (χ1n) is 8.21. The van der Waals surface area contributed by atoms with E-state index in [2.05, 4.69) is 21.7 Å². The Hall–Kier alpha value is -3.98. The van der Waals surface area contributed by atoms with Crippen molar-refractivity contribution in [1.82, 2.24) is 4.98 Å². The fourth-order valence-corrected chi connectivity index (χ4v) is 2.42. The highest BCUT2D eigenvalue weighted by Crippen LogP contribution is 2.17. The highest BCUT2D eigenvalue weighted by molar-refractivity contribution is 6.03. The fraction of sp³-hybridized carbons (Fsp3) is 0.0476. The lowest BCUT2D eigenvalue weighted by molar-refractivity contribution is 0.101. The van der Waals surface area contributed by atoms with Gasteiger partial charge in [0.1, 0.15) is 5.69 Å². The van der Waals surface area contributed by atoms with Crippen molar-refractivity contribution in [2.75, 3.05) is 10.6 Å². The van der Waals surface area contributed by atoms with E-state index in [1.165, 1.54) is 6.92 Å². The summed E-state index contributed by atoms with van der Waals surface area (Å²) in [6.45, 7) is 1.49. The molecule has 3 rings (SSSR count). The van der Waals surface area contributed by atoms with Crippen molar-refractivity contribution < 1.29 is 9.59 Å². The zero-order valence-corrected chi connectivity index (χ0v) is 14.6. The molecule has 0 spiro atoms. The molecule has 0 atom stereocenters. The number of carbonyl (C=O) groups is 2. The summed E-state index contributed by atoms with van der Waals surface area (Å²) in [4.78, 5) is 27.7. The molecule has 2 N–H and O–H groups in total. The van der Waals surface area contributed by atoms with E-state index in [0.717, 1.165) is 5.69 Å². The third-order valence-corrected chi connectivity index (χ3v) is 3.83. The lowest BCUT2D eigenvalue weighted by Gasteiger charge is -2.08. The molecule has 6 nitrogen and oxygen atoms in total. The molecule has 2 aromatic carbocycles. The fourth-order valence-electron chi connectivity index (χ4n) is 2.42. The van der Waals surface area contributed by atoms with Crippen LogP contribution in [0, 0.1) is 11.3 Å². The van der Waals surface area contributed by atoms with Crippen LogP contribution in [0.2, 0.25) is 0 Å². The van der Waals surface area contributed by atoms with Crippen molar-refractivity contribution in [3.63, 3.8) is 0 Å². The standard InChI is InChI=1S/C21H16N4O2/c1-14(26)16-5-7-17(8-6-16)25-21(27)20-10-9-19(13-23-20)24-18-4-2-3-15(11-18)12-22/h2-11,13,24H,1H3,(H,25,27). The van der Waals surface area contributed by atoms with Gasteiger partial charge in [-0.1, -0.05) is 6.07 Å². The molecular weight excluding hydrogens is 340 g/mol. The van der Waals surface area contributed by atoms with E-state index < -0.39 is 0 Å². The Kier molecular flexibility index (Phi) is 5.24. The third kappa shape index (κ3) is 4.55. The molecule has 0 unspecified atom stereocenters. The Bertz CT molecular complexity index is 1020. The van der Waals surface area contributed by atoms with Crippen molar-refractivity contribution in [3.05, 3.63) is 83.7 Å². The molecule has 0 saturated heterocycles. The van der Waals surface area contributed by atoms with Gasteiger partial charge in [-0.25, -0.2) is 4.98 Å². The average Bonchev–Trinajstić information content (AvgIpc) is 2.69. The normalized spacial score (nSPS) is 9.93. The number of nitriles is 1. The van der Waals surface area contributed by atoms with E-state index in [4.69, 9.17) is 5.26 Å². The molecule has 6 heteroatoms. The van der Waals surface area contributed by atoms with Gasteiger partial charge in [-0.3, -0.25) is 9.59 Å². The van der Waals surface area contributed by atoms with Gasteiger partial charge in [-0.2, -0.15) is 5.26 Å². The number of pyridine rings is 1. The number of ketones is 1. The van der Waals surface area contributed by atoms with Crippen molar-refractivity contribution in [1.29, 1.82) is 5.26 Å². The zero-order valence-electron chi connectivity index (χ0n) is 14.6. The molecule has 132 valence electrons. The van der Waals surface area contributed by atoms with Crippen LogP contribution in [0.1, 0.15) is 33.3 Å². The summed E-state index contributed by atoms with van der Waals surface area (Å²) in [6.07, 6.45) is 1.55. The Morgan fingerprint density at radius 2 is 1.70 bits per heavy atom. The summed E-state index contributed by atoms with van der Waals surface area (Å²) in [5, 5.41) is 14.8. The molecule has 0 bridgehead atoms. The van der Waals surface area contributed by atoms with Crippen molar-refractivity contribution in [3.8, 4) is 6.07 Å². The number of hydrogen-bond acceptors (Lipinski definition) is 5. The van der Waals surface area contributed by atoms with E-state index in [-0.39, 0.29) is 17.4 Å². The third-order valence-electron chi connectivity index (χ3n) is 3.83. The molecule has 0 fully saturated rings. The summed E-state index contributed by atoms with van der Waals surface area (Å²) in [5.41, 5.74) is 3.46. The van der Waals surface area contributed by atoms with Gasteiger partial charge in [0.2, 0.25) is 0 Å². The van der Waals surface area contributed by atoms with Crippen molar-refractivity contribution in [2.24, 2.45) is 0 Å². The monoisotopic (exact) mass is 356 g/mol. The van der Waals surface area contributed by atoms with Crippen LogP contribution in [0.15, 0.2) is 66.9 Å². The second-order valence-electron chi connectivity index (χ2n) is 5.84. The number of aromatic nitrogens is 1. The summed E-state index contributed by atoms with van der Waals surface area (Å²) < 4.78 is 0. The molecule has 1 heterocycles. The number of hydrogen-bond donors (Lipinski definition) is 2. The number of rotatable bonds is 5. The number of nitrogens with one attached hydrogen (secondary N) is 2.